The van der Waals surface area contributed by atoms with Crippen LogP contribution in [0.1, 0.15) is 10.4 Å². The minimum Gasteiger partial charge on any atom is -0.504 e. The highest BCUT2D eigenvalue weighted by atomic mass is 16.5. The number of ether oxygens (including phenoxy) is 1. The van der Waals surface area contributed by atoms with Gasteiger partial charge in [-0.05, 0) is 30.3 Å². The molecule has 138 valence electrons. The molecule has 0 aliphatic carbocycles. The van der Waals surface area contributed by atoms with Crippen LogP contribution in [-0.2, 0) is 0 Å². The van der Waals surface area contributed by atoms with Crippen molar-refractivity contribution in [2.75, 3.05) is 0 Å². The maximum absolute atomic E-state index is 12.4. The summed E-state index contributed by atoms with van der Waals surface area (Å²) in [5, 5.41) is 23.0. The maximum atomic E-state index is 12.4. The number of benzene rings is 3. The topological polar surface area (TPSA) is 92.8 Å². The zero-order chi connectivity index (χ0) is 19.5. The highest BCUT2D eigenvalue weighted by Gasteiger charge is 2.17. The molecule has 6 heteroatoms. The van der Waals surface area contributed by atoms with Gasteiger partial charge in [-0.1, -0.05) is 47.6 Å². The van der Waals surface area contributed by atoms with Crippen LogP contribution in [0.4, 0.5) is 0 Å². The lowest BCUT2D eigenvalue weighted by atomic mass is 10.1. The van der Waals surface area contributed by atoms with Crippen molar-refractivity contribution in [2.45, 2.75) is 0 Å². The van der Waals surface area contributed by atoms with E-state index < -0.39 is 11.7 Å². The summed E-state index contributed by atoms with van der Waals surface area (Å²) in [5.74, 6) is -0.644. The minimum atomic E-state index is -0.675. The van der Waals surface area contributed by atoms with E-state index in [2.05, 4.69) is 5.16 Å². The van der Waals surface area contributed by atoms with Crippen LogP contribution in [0, 0.1) is 0 Å². The molecule has 0 spiro atoms. The van der Waals surface area contributed by atoms with Crippen molar-refractivity contribution in [1.82, 2.24) is 5.16 Å². The molecule has 0 atom stereocenters. The van der Waals surface area contributed by atoms with Crippen LogP contribution in [0.15, 0.2) is 83.4 Å². The lowest BCUT2D eigenvalue weighted by molar-refractivity contribution is 0.0735. The number of nitrogens with zero attached hydrogens (tertiary/aromatic N) is 1. The molecule has 1 heterocycles. The fraction of sp³-hybridized carbons (Fsp3) is 0. The Morgan fingerprint density at radius 1 is 0.857 bits per heavy atom. The van der Waals surface area contributed by atoms with Crippen molar-refractivity contribution < 1.29 is 24.3 Å². The van der Waals surface area contributed by atoms with Crippen LogP contribution in [0.3, 0.4) is 0 Å². The number of carbonyl (C=O) groups is 1. The number of phenols is 2. The van der Waals surface area contributed by atoms with Gasteiger partial charge in [0.15, 0.2) is 17.3 Å². The fourth-order valence-electron chi connectivity index (χ4n) is 2.72. The summed E-state index contributed by atoms with van der Waals surface area (Å²) in [6, 6.07) is 22.0. The molecule has 0 fully saturated rings. The zero-order valence-electron chi connectivity index (χ0n) is 14.6. The van der Waals surface area contributed by atoms with Crippen molar-refractivity contribution >= 4 is 5.97 Å². The number of phenolic OH excluding ortho intramolecular Hbond substituents is 2. The number of hydrogen-bond acceptors (Lipinski definition) is 6. The van der Waals surface area contributed by atoms with Gasteiger partial charge in [0.05, 0.1) is 11.1 Å². The Morgan fingerprint density at radius 3 is 2.39 bits per heavy atom. The van der Waals surface area contributed by atoms with Gasteiger partial charge < -0.3 is 19.5 Å². The maximum Gasteiger partial charge on any atom is 0.343 e. The summed E-state index contributed by atoms with van der Waals surface area (Å²) < 4.78 is 10.9. The number of carbonyl (C=O) groups excluding carboxylic acids is 1. The van der Waals surface area contributed by atoms with E-state index in [1.54, 1.807) is 30.3 Å². The highest BCUT2D eigenvalue weighted by Crippen LogP contribution is 2.33. The molecular weight excluding hydrogens is 358 g/mol. The molecule has 28 heavy (non-hydrogen) atoms. The lowest BCUT2D eigenvalue weighted by Gasteiger charge is -2.08. The van der Waals surface area contributed by atoms with Gasteiger partial charge in [0, 0.05) is 11.6 Å². The molecule has 3 aromatic carbocycles. The van der Waals surface area contributed by atoms with Crippen molar-refractivity contribution in [3.05, 3.63) is 84.4 Å². The zero-order valence-corrected chi connectivity index (χ0v) is 14.6. The average Bonchev–Trinajstić information content (AvgIpc) is 3.21. The third-order valence-corrected chi connectivity index (χ3v) is 4.15. The van der Waals surface area contributed by atoms with E-state index in [9.17, 15) is 15.0 Å². The standard InChI is InChI=1S/C22H15NO5/c24-18-11-10-15(12-19(18)25)22(26)27-20-9-5-4-8-16(20)21-13-17(23-28-21)14-6-2-1-3-7-14/h1-13,24-25H. The van der Waals surface area contributed by atoms with E-state index in [1.165, 1.54) is 12.1 Å². The molecular formula is C22H15NO5. The number of esters is 1. The second kappa shape index (κ2) is 7.28. The van der Waals surface area contributed by atoms with Gasteiger partial charge >= 0.3 is 5.97 Å². The minimum absolute atomic E-state index is 0.104. The summed E-state index contributed by atoms with van der Waals surface area (Å²) in [4.78, 5) is 12.4. The van der Waals surface area contributed by atoms with Crippen LogP contribution < -0.4 is 4.74 Å². The van der Waals surface area contributed by atoms with Gasteiger partial charge in [-0.2, -0.15) is 0 Å². The first-order valence-corrected chi connectivity index (χ1v) is 8.47. The van der Waals surface area contributed by atoms with Gasteiger partial charge in [-0.3, -0.25) is 0 Å². The Kier molecular flexibility index (Phi) is 4.51. The number of rotatable bonds is 4. The van der Waals surface area contributed by atoms with Gasteiger partial charge in [-0.25, -0.2) is 4.79 Å². The molecule has 0 saturated heterocycles. The van der Waals surface area contributed by atoms with Crippen LogP contribution in [0.5, 0.6) is 17.2 Å². The Balaban J connectivity index is 1.63. The summed E-state index contributed by atoms with van der Waals surface area (Å²) in [7, 11) is 0. The summed E-state index contributed by atoms with van der Waals surface area (Å²) in [6.45, 7) is 0. The van der Waals surface area contributed by atoms with E-state index >= 15 is 0 Å². The molecule has 6 nitrogen and oxygen atoms in total. The molecule has 1 aromatic heterocycles. The van der Waals surface area contributed by atoms with E-state index in [-0.39, 0.29) is 17.1 Å². The third kappa shape index (κ3) is 3.43. The van der Waals surface area contributed by atoms with Crippen molar-refractivity contribution in [3.8, 4) is 39.8 Å². The number of aromatic hydroxyl groups is 2. The van der Waals surface area contributed by atoms with Crippen LogP contribution in [0.2, 0.25) is 0 Å². The molecule has 0 saturated carbocycles. The molecule has 2 N–H and O–H groups in total. The monoisotopic (exact) mass is 373 g/mol. The van der Waals surface area contributed by atoms with E-state index in [0.29, 0.717) is 17.0 Å². The summed E-state index contributed by atoms with van der Waals surface area (Å²) in [5.41, 5.74) is 2.24. The first kappa shape index (κ1) is 17.4. The molecule has 4 rings (SSSR count). The smallest absolute Gasteiger partial charge is 0.343 e. The number of hydrogen-bond donors (Lipinski definition) is 2. The molecule has 4 aromatic rings. The SMILES string of the molecule is O=C(Oc1ccccc1-c1cc(-c2ccccc2)no1)c1ccc(O)c(O)c1. The van der Waals surface area contributed by atoms with Crippen LogP contribution >= 0.6 is 0 Å². The Bertz CT molecular complexity index is 1130. The predicted molar refractivity (Wildman–Crippen MR) is 102 cm³/mol. The van der Waals surface area contributed by atoms with E-state index in [0.717, 1.165) is 11.6 Å². The fourth-order valence-corrected chi connectivity index (χ4v) is 2.72. The van der Waals surface area contributed by atoms with Crippen molar-refractivity contribution in [2.24, 2.45) is 0 Å². The normalized spacial score (nSPS) is 10.6. The van der Waals surface area contributed by atoms with Crippen LogP contribution in [0.25, 0.3) is 22.6 Å². The summed E-state index contributed by atoms with van der Waals surface area (Å²) >= 11 is 0. The lowest BCUT2D eigenvalue weighted by Crippen LogP contribution is -2.08. The molecule has 0 radical (unpaired) electrons. The first-order chi connectivity index (χ1) is 13.6. The largest absolute Gasteiger partial charge is 0.504 e. The average molecular weight is 373 g/mol. The van der Waals surface area contributed by atoms with Gasteiger partial charge in [0.1, 0.15) is 11.4 Å². The quantitative estimate of drug-likeness (QED) is 0.308. The molecule has 0 aliphatic heterocycles. The van der Waals surface area contributed by atoms with Gasteiger partial charge in [0.25, 0.3) is 0 Å². The second-order valence-corrected chi connectivity index (χ2v) is 6.03. The van der Waals surface area contributed by atoms with Crippen molar-refractivity contribution in [1.29, 1.82) is 0 Å². The van der Waals surface area contributed by atoms with Crippen LogP contribution in [-0.4, -0.2) is 21.3 Å². The molecule has 0 aliphatic rings. The number of aromatic nitrogens is 1. The Hall–Kier alpha value is -4.06. The number of para-hydroxylation sites is 1. The predicted octanol–water partition coefficient (Wildman–Crippen LogP) is 4.64. The third-order valence-electron chi connectivity index (χ3n) is 4.15. The molecule has 0 amide bonds. The van der Waals surface area contributed by atoms with Gasteiger partial charge in [0.2, 0.25) is 0 Å². The van der Waals surface area contributed by atoms with E-state index in [4.69, 9.17) is 9.26 Å². The Morgan fingerprint density at radius 2 is 1.61 bits per heavy atom. The van der Waals surface area contributed by atoms with Crippen molar-refractivity contribution in [3.63, 3.8) is 0 Å². The molecule has 0 unspecified atom stereocenters. The molecule has 0 bridgehead atoms. The highest BCUT2D eigenvalue weighted by molar-refractivity contribution is 5.92. The summed E-state index contributed by atoms with van der Waals surface area (Å²) in [6.07, 6.45) is 0. The first-order valence-electron chi connectivity index (χ1n) is 8.47. The second-order valence-electron chi connectivity index (χ2n) is 6.03. The Labute approximate surface area is 160 Å². The van der Waals surface area contributed by atoms with E-state index in [1.807, 2.05) is 30.3 Å². The van der Waals surface area contributed by atoms with Gasteiger partial charge in [-0.15, -0.1) is 0 Å².